The number of amides is 1. The summed E-state index contributed by atoms with van der Waals surface area (Å²) in [6, 6.07) is 5.72. The van der Waals surface area contributed by atoms with Crippen molar-refractivity contribution in [2.45, 2.75) is 19.4 Å². The fourth-order valence-electron chi connectivity index (χ4n) is 3.49. The molecule has 0 unspecified atom stereocenters. The highest BCUT2D eigenvalue weighted by atomic mass is 16.5. The van der Waals surface area contributed by atoms with E-state index in [2.05, 4.69) is 0 Å². The minimum absolute atomic E-state index is 0.0586. The molecule has 6 heteroatoms. The lowest BCUT2D eigenvalue weighted by Crippen LogP contribution is -2.47. The van der Waals surface area contributed by atoms with E-state index in [0.717, 1.165) is 16.6 Å². The maximum absolute atomic E-state index is 13.1. The molecule has 0 radical (unpaired) electrons. The van der Waals surface area contributed by atoms with Crippen molar-refractivity contribution >= 4 is 16.8 Å². The summed E-state index contributed by atoms with van der Waals surface area (Å²) in [5.74, 6) is 0.369. The zero-order valence-electron chi connectivity index (χ0n) is 14.3. The van der Waals surface area contributed by atoms with E-state index in [-0.39, 0.29) is 18.4 Å². The minimum Gasteiger partial charge on any atom is -0.497 e. The molecule has 6 nitrogen and oxygen atoms in total. The maximum atomic E-state index is 13.1. The Hall–Kier alpha value is -2.05. The van der Waals surface area contributed by atoms with Crippen molar-refractivity contribution in [1.29, 1.82) is 0 Å². The van der Waals surface area contributed by atoms with Gasteiger partial charge in [-0.15, -0.1) is 0 Å². The highest BCUT2D eigenvalue weighted by Crippen LogP contribution is 2.30. The molecule has 1 saturated heterocycles. The average Bonchev–Trinajstić information content (AvgIpc) is 2.85. The van der Waals surface area contributed by atoms with E-state index in [1.54, 1.807) is 12.0 Å². The van der Waals surface area contributed by atoms with Crippen LogP contribution in [0.15, 0.2) is 18.2 Å². The van der Waals surface area contributed by atoms with Gasteiger partial charge in [-0.25, -0.2) is 0 Å². The Morgan fingerprint density at radius 2 is 2.17 bits per heavy atom. The van der Waals surface area contributed by atoms with Crippen molar-refractivity contribution < 1.29 is 19.7 Å². The average molecular weight is 332 g/mol. The molecule has 1 fully saturated rings. The lowest BCUT2D eigenvalue weighted by molar-refractivity contribution is 0.00349. The number of aryl methyl sites for hydroxylation is 1. The zero-order valence-corrected chi connectivity index (χ0v) is 14.3. The number of hydrogen-bond acceptors (Lipinski definition) is 4. The van der Waals surface area contributed by atoms with E-state index in [0.29, 0.717) is 30.8 Å². The van der Waals surface area contributed by atoms with Gasteiger partial charge in [-0.05, 0) is 31.5 Å². The van der Waals surface area contributed by atoms with Crippen molar-refractivity contribution in [3.8, 4) is 5.75 Å². The van der Waals surface area contributed by atoms with E-state index in [4.69, 9.17) is 4.74 Å². The molecule has 3 rings (SSSR count). The number of likely N-dealkylation sites (tertiary alicyclic amines) is 1. The number of aliphatic hydroxyl groups excluding tert-OH is 2. The second-order valence-corrected chi connectivity index (χ2v) is 6.45. The van der Waals surface area contributed by atoms with Crippen LogP contribution >= 0.6 is 0 Å². The normalized spacial score (nSPS) is 21.3. The van der Waals surface area contributed by atoms with Crippen molar-refractivity contribution in [3.63, 3.8) is 0 Å². The van der Waals surface area contributed by atoms with Crippen molar-refractivity contribution in [3.05, 3.63) is 29.5 Å². The molecule has 0 saturated carbocycles. The van der Waals surface area contributed by atoms with Gasteiger partial charge in [0.15, 0.2) is 0 Å². The zero-order chi connectivity index (χ0) is 17.4. The van der Waals surface area contributed by atoms with E-state index >= 15 is 0 Å². The standard InChI is InChI=1S/C18H24N2O4/c1-11-17(14-8-13(24-3)4-5-15(14)19(11)2)18(23)20-7-6-16(22)12(9-20)10-21/h4-5,8,12,16,21-22H,6-7,9-10H2,1-3H3/t12-,16-/m0/s1. The Morgan fingerprint density at radius 3 is 2.83 bits per heavy atom. The smallest absolute Gasteiger partial charge is 0.256 e. The summed E-state index contributed by atoms with van der Waals surface area (Å²) in [5.41, 5.74) is 2.54. The molecule has 1 aromatic carbocycles. The fraction of sp³-hybridized carbons (Fsp3) is 0.500. The fourth-order valence-corrected chi connectivity index (χ4v) is 3.49. The van der Waals surface area contributed by atoms with Crippen LogP contribution < -0.4 is 4.74 Å². The minimum atomic E-state index is -0.548. The number of piperidine rings is 1. The Bertz CT molecular complexity index is 768. The summed E-state index contributed by atoms with van der Waals surface area (Å²) in [5, 5.41) is 20.2. The molecule has 2 aromatic rings. The van der Waals surface area contributed by atoms with Crippen molar-refractivity contribution in [2.24, 2.45) is 13.0 Å². The van der Waals surface area contributed by atoms with Gasteiger partial charge < -0.3 is 24.4 Å². The molecule has 1 aliphatic rings. The van der Waals surface area contributed by atoms with Gasteiger partial charge in [0, 0.05) is 42.7 Å². The quantitative estimate of drug-likeness (QED) is 0.889. The van der Waals surface area contributed by atoms with E-state index < -0.39 is 6.10 Å². The molecule has 2 atom stereocenters. The number of rotatable bonds is 3. The summed E-state index contributed by atoms with van der Waals surface area (Å²) in [4.78, 5) is 14.9. The number of nitrogens with zero attached hydrogens (tertiary/aromatic N) is 2. The SMILES string of the molecule is COc1ccc2c(c1)c(C(=O)N1CC[C@H](O)[C@H](CO)C1)c(C)n2C. The monoisotopic (exact) mass is 332 g/mol. The van der Waals surface area contributed by atoms with E-state index in [1.165, 1.54) is 0 Å². The third-order valence-corrected chi connectivity index (χ3v) is 5.13. The summed E-state index contributed by atoms with van der Waals surface area (Å²) >= 11 is 0. The number of benzene rings is 1. The first-order valence-electron chi connectivity index (χ1n) is 8.19. The Kier molecular flexibility index (Phi) is 4.51. The summed E-state index contributed by atoms with van der Waals surface area (Å²) in [7, 11) is 3.55. The largest absolute Gasteiger partial charge is 0.497 e. The Labute approximate surface area is 141 Å². The molecule has 2 N–H and O–H groups in total. The number of carbonyl (C=O) groups is 1. The van der Waals surface area contributed by atoms with Gasteiger partial charge in [0.1, 0.15) is 5.75 Å². The van der Waals surface area contributed by atoms with Gasteiger partial charge in [0.25, 0.3) is 5.91 Å². The third kappa shape index (κ3) is 2.65. The van der Waals surface area contributed by atoms with Gasteiger partial charge >= 0.3 is 0 Å². The van der Waals surface area contributed by atoms with Crippen LogP contribution in [0.2, 0.25) is 0 Å². The molecule has 0 bridgehead atoms. The molecule has 130 valence electrons. The predicted octanol–water partition coefficient (Wildman–Crippen LogP) is 1.31. The Morgan fingerprint density at radius 1 is 1.42 bits per heavy atom. The molecule has 1 aromatic heterocycles. The lowest BCUT2D eigenvalue weighted by Gasteiger charge is -2.35. The number of aromatic nitrogens is 1. The van der Waals surface area contributed by atoms with Gasteiger partial charge in [0.2, 0.25) is 0 Å². The highest BCUT2D eigenvalue weighted by molar-refractivity contribution is 6.08. The molecule has 0 spiro atoms. The molecular formula is C18H24N2O4. The highest BCUT2D eigenvalue weighted by Gasteiger charge is 2.32. The number of ether oxygens (including phenoxy) is 1. The van der Waals surface area contributed by atoms with Gasteiger partial charge in [-0.2, -0.15) is 0 Å². The maximum Gasteiger partial charge on any atom is 0.256 e. The Balaban J connectivity index is 2.02. The van der Waals surface area contributed by atoms with Gasteiger partial charge in [-0.3, -0.25) is 4.79 Å². The second-order valence-electron chi connectivity index (χ2n) is 6.45. The molecule has 1 amide bonds. The van der Waals surface area contributed by atoms with E-state index in [9.17, 15) is 15.0 Å². The molecule has 24 heavy (non-hydrogen) atoms. The van der Waals surface area contributed by atoms with Crippen molar-refractivity contribution in [2.75, 3.05) is 26.8 Å². The topological polar surface area (TPSA) is 74.9 Å². The number of methoxy groups -OCH3 is 1. The molecule has 0 aliphatic carbocycles. The van der Waals surface area contributed by atoms with Crippen LogP contribution in [-0.2, 0) is 7.05 Å². The molecule has 1 aliphatic heterocycles. The molecule has 2 heterocycles. The predicted molar refractivity (Wildman–Crippen MR) is 91.3 cm³/mol. The lowest BCUT2D eigenvalue weighted by atomic mass is 9.95. The first-order chi connectivity index (χ1) is 11.5. The summed E-state index contributed by atoms with van der Waals surface area (Å²) in [6.07, 6.45) is -0.0582. The van der Waals surface area contributed by atoms with Crippen LogP contribution in [0, 0.1) is 12.8 Å². The van der Waals surface area contributed by atoms with Gasteiger partial charge in [0.05, 0.1) is 25.4 Å². The van der Waals surface area contributed by atoms with Crippen LogP contribution in [0.4, 0.5) is 0 Å². The number of aliphatic hydroxyl groups is 2. The van der Waals surface area contributed by atoms with Gasteiger partial charge in [-0.1, -0.05) is 0 Å². The number of carbonyl (C=O) groups excluding carboxylic acids is 1. The van der Waals surface area contributed by atoms with Crippen LogP contribution in [0.1, 0.15) is 22.5 Å². The first-order valence-corrected chi connectivity index (χ1v) is 8.19. The number of fused-ring (bicyclic) bond motifs is 1. The molecular weight excluding hydrogens is 308 g/mol. The van der Waals surface area contributed by atoms with Crippen LogP contribution in [-0.4, -0.2) is 58.5 Å². The summed E-state index contributed by atoms with van der Waals surface area (Å²) < 4.78 is 7.30. The van der Waals surface area contributed by atoms with Crippen molar-refractivity contribution in [1.82, 2.24) is 9.47 Å². The summed E-state index contributed by atoms with van der Waals surface area (Å²) in [6.45, 7) is 2.68. The van der Waals surface area contributed by atoms with Crippen LogP contribution in [0.25, 0.3) is 10.9 Å². The number of hydrogen-bond donors (Lipinski definition) is 2. The van der Waals surface area contributed by atoms with Crippen LogP contribution in [0.5, 0.6) is 5.75 Å². The van der Waals surface area contributed by atoms with E-state index in [1.807, 2.05) is 36.7 Å². The first kappa shape index (κ1) is 16.8. The third-order valence-electron chi connectivity index (χ3n) is 5.13. The van der Waals surface area contributed by atoms with Crippen LogP contribution in [0.3, 0.4) is 0 Å². The second kappa shape index (κ2) is 6.45.